The molecule has 2 unspecified atom stereocenters. The summed E-state index contributed by atoms with van der Waals surface area (Å²) >= 11 is 0. The lowest BCUT2D eigenvalue weighted by Crippen LogP contribution is -2.26. The fourth-order valence-corrected chi connectivity index (χ4v) is 5.26. The van der Waals surface area contributed by atoms with E-state index in [1.807, 2.05) is 12.1 Å². The summed E-state index contributed by atoms with van der Waals surface area (Å²) in [4.78, 5) is 10.9. The molecule has 1 aromatic heterocycles. The van der Waals surface area contributed by atoms with Crippen LogP contribution >= 0.6 is 0 Å². The summed E-state index contributed by atoms with van der Waals surface area (Å²) < 4.78 is 23.2. The van der Waals surface area contributed by atoms with Crippen LogP contribution in [-0.2, 0) is 16.3 Å². The monoisotopic (exact) mass is 344 g/mol. The molecule has 3 heterocycles. The van der Waals surface area contributed by atoms with E-state index in [4.69, 9.17) is 0 Å². The van der Waals surface area contributed by atoms with E-state index in [9.17, 15) is 8.42 Å². The topological polar surface area (TPSA) is 75.2 Å². The average Bonchev–Trinajstić information content (AvgIpc) is 3.05. The zero-order chi connectivity index (χ0) is 16.7. The normalized spacial score (nSPS) is 24.8. The highest BCUT2D eigenvalue weighted by Gasteiger charge is 2.30. The molecule has 24 heavy (non-hydrogen) atoms. The lowest BCUT2D eigenvalue weighted by atomic mass is 10.1. The number of anilines is 3. The predicted molar refractivity (Wildman–Crippen MR) is 94.5 cm³/mol. The molecule has 2 atom stereocenters. The highest BCUT2D eigenvalue weighted by Crippen LogP contribution is 2.37. The van der Waals surface area contributed by atoms with Crippen molar-refractivity contribution in [2.75, 3.05) is 21.7 Å². The molecule has 1 fully saturated rings. The van der Waals surface area contributed by atoms with Gasteiger partial charge in [0.15, 0.2) is 9.84 Å². The summed E-state index contributed by atoms with van der Waals surface area (Å²) in [5, 5.41) is 3.24. The number of sulfone groups is 1. The maximum absolute atomic E-state index is 11.6. The number of nitrogens with zero attached hydrogens (tertiary/aromatic N) is 3. The predicted octanol–water partition coefficient (Wildman–Crippen LogP) is 2.16. The van der Waals surface area contributed by atoms with Crippen LogP contribution in [0, 0.1) is 0 Å². The Morgan fingerprint density at radius 3 is 2.88 bits per heavy atom. The van der Waals surface area contributed by atoms with Gasteiger partial charge >= 0.3 is 0 Å². The summed E-state index contributed by atoms with van der Waals surface area (Å²) in [5.74, 6) is 1.94. The van der Waals surface area contributed by atoms with Crippen molar-refractivity contribution in [3.63, 3.8) is 0 Å². The quantitative estimate of drug-likeness (QED) is 0.920. The molecule has 2 aromatic rings. The van der Waals surface area contributed by atoms with Crippen molar-refractivity contribution >= 4 is 27.2 Å². The Morgan fingerprint density at radius 1 is 1.25 bits per heavy atom. The molecule has 1 N–H and O–H groups in total. The van der Waals surface area contributed by atoms with E-state index in [1.165, 1.54) is 17.6 Å². The molecule has 7 heteroatoms. The van der Waals surface area contributed by atoms with Gasteiger partial charge in [-0.25, -0.2) is 18.4 Å². The van der Waals surface area contributed by atoms with Crippen LogP contribution in [0.2, 0.25) is 0 Å². The Labute approximate surface area is 141 Å². The molecule has 0 amide bonds. The Kier molecular flexibility index (Phi) is 3.68. The Hall–Kier alpha value is -2.15. The Balaban J connectivity index is 1.59. The van der Waals surface area contributed by atoms with Gasteiger partial charge in [0.25, 0.3) is 0 Å². The van der Waals surface area contributed by atoms with Crippen LogP contribution in [0.3, 0.4) is 0 Å². The van der Waals surface area contributed by atoms with Crippen LogP contribution in [0.25, 0.3) is 0 Å². The van der Waals surface area contributed by atoms with Gasteiger partial charge in [-0.15, -0.1) is 0 Å². The molecule has 0 saturated carbocycles. The van der Waals surface area contributed by atoms with E-state index < -0.39 is 9.84 Å². The van der Waals surface area contributed by atoms with Gasteiger partial charge in [0.2, 0.25) is 0 Å². The summed E-state index contributed by atoms with van der Waals surface area (Å²) in [7, 11) is -2.91. The summed E-state index contributed by atoms with van der Waals surface area (Å²) in [6.45, 7) is 2.18. The lowest BCUT2D eigenvalue weighted by molar-refractivity contribution is 0.602. The minimum atomic E-state index is -2.91. The van der Waals surface area contributed by atoms with E-state index in [-0.39, 0.29) is 17.5 Å². The van der Waals surface area contributed by atoms with Gasteiger partial charge in [0.1, 0.15) is 18.0 Å². The van der Waals surface area contributed by atoms with Crippen LogP contribution in [0.1, 0.15) is 18.9 Å². The molecule has 1 aromatic carbocycles. The van der Waals surface area contributed by atoms with E-state index in [1.54, 1.807) is 0 Å². The van der Waals surface area contributed by atoms with Crippen LogP contribution in [-0.4, -0.2) is 42.0 Å². The summed E-state index contributed by atoms with van der Waals surface area (Å²) in [6, 6.07) is 10.5. The third-order valence-electron chi connectivity index (χ3n) is 4.69. The van der Waals surface area contributed by atoms with Crippen molar-refractivity contribution in [3.8, 4) is 0 Å². The molecule has 126 valence electrons. The zero-order valence-corrected chi connectivity index (χ0v) is 14.3. The van der Waals surface area contributed by atoms with Crippen molar-refractivity contribution in [3.05, 3.63) is 42.2 Å². The SMILES string of the molecule is CC1Cc2ccccc2N1c1cc(NC2CCS(=O)(=O)C2)ncn1. The minimum Gasteiger partial charge on any atom is -0.366 e. The lowest BCUT2D eigenvalue weighted by Gasteiger charge is -2.24. The molecule has 1 saturated heterocycles. The molecule has 2 aliphatic heterocycles. The maximum Gasteiger partial charge on any atom is 0.152 e. The summed E-state index contributed by atoms with van der Waals surface area (Å²) in [6.07, 6.45) is 3.16. The van der Waals surface area contributed by atoms with Gasteiger partial charge in [-0.2, -0.15) is 0 Å². The van der Waals surface area contributed by atoms with E-state index in [0.717, 1.165) is 12.2 Å². The number of nitrogens with one attached hydrogen (secondary N) is 1. The first-order valence-corrected chi connectivity index (χ1v) is 10.0. The van der Waals surface area contributed by atoms with Crippen LogP contribution in [0.5, 0.6) is 0 Å². The number of hydrogen-bond acceptors (Lipinski definition) is 6. The van der Waals surface area contributed by atoms with Crippen LogP contribution in [0.4, 0.5) is 17.3 Å². The van der Waals surface area contributed by atoms with Crippen molar-refractivity contribution in [2.45, 2.75) is 31.8 Å². The van der Waals surface area contributed by atoms with E-state index >= 15 is 0 Å². The first-order valence-electron chi connectivity index (χ1n) is 8.18. The molecular formula is C17H20N4O2S. The van der Waals surface area contributed by atoms with Gasteiger partial charge in [-0.05, 0) is 31.4 Å². The second-order valence-electron chi connectivity index (χ2n) is 6.56. The molecule has 4 rings (SSSR count). The van der Waals surface area contributed by atoms with Crippen LogP contribution in [0.15, 0.2) is 36.7 Å². The van der Waals surface area contributed by atoms with Crippen molar-refractivity contribution in [1.29, 1.82) is 0 Å². The highest BCUT2D eigenvalue weighted by atomic mass is 32.2. The van der Waals surface area contributed by atoms with Crippen molar-refractivity contribution in [1.82, 2.24) is 9.97 Å². The molecule has 0 bridgehead atoms. The Morgan fingerprint density at radius 2 is 2.08 bits per heavy atom. The number of hydrogen-bond donors (Lipinski definition) is 1. The van der Waals surface area contributed by atoms with E-state index in [2.05, 4.69) is 45.3 Å². The zero-order valence-electron chi connectivity index (χ0n) is 13.5. The van der Waals surface area contributed by atoms with Gasteiger partial charge < -0.3 is 10.2 Å². The molecule has 2 aliphatic rings. The molecule has 0 radical (unpaired) electrons. The third kappa shape index (κ3) is 2.84. The standard InChI is InChI=1S/C17H20N4O2S/c1-12-8-13-4-2-3-5-15(13)21(12)17-9-16(18-11-19-17)20-14-6-7-24(22,23)10-14/h2-5,9,11-12,14H,6-8,10H2,1H3,(H,18,19,20). The Bertz CT molecular complexity index is 868. The average molecular weight is 344 g/mol. The smallest absolute Gasteiger partial charge is 0.152 e. The number of para-hydroxylation sites is 1. The number of fused-ring (bicyclic) bond motifs is 1. The fourth-order valence-electron chi connectivity index (χ4n) is 3.59. The van der Waals surface area contributed by atoms with E-state index in [0.29, 0.717) is 18.3 Å². The van der Waals surface area contributed by atoms with Gasteiger partial charge in [-0.3, -0.25) is 0 Å². The second kappa shape index (κ2) is 5.73. The first kappa shape index (κ1) is 15.4. The van der Waals surface area contributed by atoms with Crippen LogP contribution < -0.4 is 10.2 Å². The van der Waals surface area contributed by atoms with Crippen molar-refractivity contribution in [2.24, 2.45) is 0 Å². The summed E-state index contributed by atoms with van der Waals surface area (Å²) in [5.41, 5.74) is 2.50. The molecule has 0 aliphatic carbocycles. The fraction of sp³-hybridized carbons (Fsp3) is 0.412. The van der Waals surface area contributed by atoms with Gasteiger partial charge in [-0.1, -0.05) is 18.2 Å². The minimum absolute atomic E-state index is 0.0685. The van der Waals surface area contributed by atoms with Crippen molar-refractivity contribution < 1.29 is 8.42 Å². The second-order valence-corrected chi connectivity index (χ2v) is 8.79. The number of aromatic nitrogens is 2. The van der Waals surface area contributed by atoms with Gasteiger partial charge in [0, 0.05) is 23.8 Å². The number of rotatable bonds is 3. The largest absolute Gasteiger partial charge is 0.366 e. The molecular weight excluding hydrogens is 324 g/mol. The maximum atomic E-state index is 11.6. The third-order valence-corrected chi connectivity index (χ3v) is 6.46. The highest BCUT2D eigenvalue weighted by molar-refractivity contribution is 7.91. The molecule has 0 spiro atoms. The van der Waals surface area contributed by atoms with Gasteiger partial charge in [0.05, 0.1) is 11.5 Å². The first-order chi connectivity index (χ1) is 11.5. The number of benzene rings is 1. The molecule has 6 nitrogen and oxygen atoms in total.